The number of aromatic nitrogens is 1. The average Bonchev–Trinajstić information content (AvgIpc) is 3.30. The fraction of sp³-hybridized carbons (Fsp3) is 0.238. The predicted octanol–water partition coefficient (Wildman–Crippen LogP) is 3.53. The molecule has 0 spiro atoms. The van der Waals surface area contributed by atoms with E-state index in [0.717, 1.165) is 28.3 Å². The topological polar surface area (TPSA) is 82.8 Å². The fourth-order valence-corrected chi connectivity index (χ4v) is 2.93. The maximum Gasteiger partial charge on any atom is 0.251 e. The Labute approximate surface area is 162 Å². The van der Waals surface area contributed by atoms with Crippen molar-refractivity contribution in [2.45, 2.75) is 27.0 Å². The van der Waals surface area contributed by atoms with Crippen LogP contribution in [0.15, 0.2) is 47.0 Å². The van der Waals surface area contributed by atoms with Gasteiger partial charge in [-0.15, -0.1) is 0 Å². The third-order valence-electron chi connectivity index (χ3n) is 4.55. The molecule has 0 unspecified atom stereocenters. The zero-order valence-corrected chi connectivity index (χ0v) is 15.7. The van der Waals surface area contributed by atoms with Gasteiger partial charge >= 0.3 is 0 Å². The highest BCUT2D eigenvalue weighted by Crippen LogP contribution is 2.32. The van der Waals surface area contributed by atoms with Gasteiger partial charge in [0.05, 0.1) is 11.3 Å². The Hall–Kier alpha value is -3.48. The van der Waals surface area contributed by atoms with E-state index in [-0.39, 0.29) is 12.7 Å². The maximum absolute atomic E-state index is 12.5. The lowest BCUT2D eigenvalue weighted by atomic mass is 10.1. The van der Waals surface area contributed by atoms with Crippen molar-refractivity contribution in [1.82, 2.24) is 10.5 Å². The molecule has 0 radical (unpaired) electrons. The molecular weight excluding hydrogens is 360 g/mol. The standard InChI is InChI=1S/C21H20N2O5/c1-13-18(14(2)28-23-13)11-25-17-5-3-4-16(9-17)21(24)22-10-15-6-7-19-20(8-15)27-12-26-19/h3-9H,10-12H2,1-2H3,(H,22,24). The van der Waals surface area contributed by atoms with Crippen molar-refractivity contribution in [2.75, 3.05) is 6.79 Å². The summed E-state index contributed by atoms with van der Waals surface area (Å²) in [4.78, 5) is 12.5. The number of benzene rings is 2. The molecule has 1 aliphatic heterocycles. The van der Waals surface area contributed by atoms with E-state index in [0.29, 0.717) is 30.2 Å². The average molecular weight is 380 g/mol. The zero-order valence-electron chi connectivity index (χ0n) is 15.7. The van der Waals surface area contributed by atoms with Crippen molar-refractivity contribution in [2.24, 2.45) is 0 Å². The first kappa shape index (κ1) is 17.9. The molecule has 1 N–H and O–H groups in total. The summed E-state index contributed by atoms with van der Waals surface area (Å²) in [5.41, 5.74) is 3.17. The van der Waals surface area contributed by atoms with Crippen molar-refractivity contribution in [3.8, 4) is 17.2 Å². The summed E-state index contributed by atoms with van der Waals surface area (Å²) in [6, 6.07) is 12.7. The second kappa shape index (κ2) is 7.64. The van der Waals surface area contributed by atoms with Crippen LogP contribution in [0.5, 0.6) is 17.2 Å². The van der Waals surface area contributed by atoms with Gasteiger partial charge in [-0.3, -0.25) is 4.79 Å². The van der Waals surface area contributed by atoms with E-state index in [2.05, 4.69) is 10.5 Å². The molecule has 0 saturated carbocycles. The number of hydrogen-bond donors (Lipinski definition) is 1. The van der Waals surface area contributed by atoms with Crippen LogP contribution < -0.4 is 19.5 Å². The van der Waals surface area contributed by atoms with Crippen LogP contribution in [0.25, 0.3) is 0 Å². The maximum atomic E-state index is 12.5. The van der Waals surface area contributed by atoms with Crippen molar-refractivity contribution in [3.63, 3.8) is 0 Å². The Bertz CT molecular complexity index is 992. The number of ether oxygens (including phenoxy) is 3. The molecule has 7 nitrogen and oxygen atoms in total. The highest BCUT2D eigenvalue weighted by Gasteiger charge is 2.14. The molecule has 144 valence electrons. The van der Waals surface area contributed by atoms with Crippen LogP contribution >= 0.6 is 0 Å². The first-order chi connectivity index (χ1) is 13.6. The number of nitrogens with one attached hydrogen (secondary N) is 1. The lowest BCUT2D eigenvalue weighted by Gasteiger charge is -2.09. The van der Waals surface area contributed by atoms with E-state index in [1.807, 2.05) is 38.1 Å². The van der Waals surface area contributed by atoms with E-state index < -0.39 is 0 Å². The summed E-state index contributed by atoms with van der Waals surface area (Å²) in [6.07, 6.45) is 0. The smallest absolute Gasteiger partial charge is 0.251 e. The molecule has 0 bridgehead atoms. The van der Waals surface area contributed by atoms with Gasteiger partial charge in [-0.25, -0.2) is 0 Å². The molecule has 1 aromatic heterocycles. The van der Waals surface area contributed by atoms with E-state index in [1.54, 1.807) is 18.2 Å². The normalized spacial score (nSPS) is 12.1. The molecule has 2 heterocycles. The first-order valence-corrected chi connectivity index (χ1v) is 8.91. The Morgan fingerprint density at radius 2 is 2.00 bits per heavy atom. The number of rotatable bonds is 6. The van der Waals surface area contributed by atoms with Gasteiger partial charge in [-0.1, -0.05) is 17.3 Å². The van der Waals surface area contributed by atoms with Crippen LogP contribution in [-0.2, 0) is 13.2 Å². The van der Waals surface area contributed by atoms with Gasteiger partial charge in [0.1, 0.15) is 18.1 Å². The Morgan fingerprint density at radius 3 is 2.82 bits per heavy atom. The molecule has 3 aromatic rings. The number of hydrogen-bond acceptors (Lipinski definition) is 6. The summed E-state index contributed by atoms with van der Waals surface area (Å²) < 4.78 is 21.6. The molecule has 1 amide bonds. The second-order valence-corrected chi connectivity index (χ2v) is 6.49. The Balaban J connectivity index is 1.37. The minimum atomic E-state index is -0.180. The summed E-state index contributed by atoms with van der Waals surface area (Å²) in [6.45, 7) is 4.67. The van der Waals surface area contributed by atoms with Crippen LogP contribution in [0.4, 0.5) is 0 Å². The SMILES string of the molecule is Cc1noc(C)c1COc1cccc(C(=O)NCc2ccc3c(c2)OCO3)c1. The van der Waals surface area contributed by atoms with E-state index in [9.17, 15) is 4.79 Å². The highest BCUT2D eigenvalue weighted by atomic mass is 16.7. The quantitative estimate of drug-likeness (QED) is 0.704. The van der Waals surface area contributed by atoms with Gasteiger partial charge in [-0.2, -0.15) is 0 Å². The van der Waals surface area contributed by atoms with Gasteiger partial charge in [0.15, 0.2) is 11.5 Å². The number of nitrogens with zero attached hydrogens (tertiary/aromatic N) is 1. The van der Waals surface area contributed by atoms with Gasteiger partial charge < -0.3 is 24.1 Å². The summed E-state index contributed by atoms with van der Waals surface area (Å²) in [5, 5.41) is 6.82. The Kier molecular flexibility index (Phi) is 4.89. The second-order valence-electron chi connectivity index (χ2n) is 6.49. The molecule has 0 aliphatic carbocycles. The van der Waals surface area contributed by atoms with E-state index in [4.69, 9.17) is 18.7 Å². The van der Waals surface area contributed by atoms with Crippen molar-refractivity contribution >= 4 is 5.91 Å². The number of fused-ring (bicyclic) bond motifs is 1. The lowest BCUT2D eigenvalue weighted by molar-refractivity contribution is 0.0950. The molecule has 4 rings (SSSR count). The minimum absolute atomic E-state index is 0.180. The summed E-state index contributed by atoms with van der Waals surface area (Å²) >= 11 is 0. The number of carbonyl (C=O) groups is 1. The third kappa shape index (κ3) is 3.78. The van der Waals surface area contributed by atoms with Gasteiger partial charge in [-0.05, 0) is 49.7 Å². The first-order valence-electron chi connectivity index (χ1n) is 8.91. The molecule has 28 heavy (non-hydrogen) atoms. The van der Waals surface area contributed by atoms with Crippen LogP contribution in [-0.4, -0.2) is 17.9 Å². The molecular formula is C21H20N2O5. The lowest BCUT2D eigenvalue weighted by Crippen LogP contribution is -2.22. The molecule has 0 saturated heterocycles. The fourth-order valence-electron chi connectivity index (χ4n) is 2.93. The molecule has 2 aromatic carbocycles. The molecule has 0 atom stereocenters. The number of amides is 1. The number of carbonyl (C=O) groups excluding carboxylic acids is 1. The highest BCUT2D eigenvalue weighted by molar-refractivity contribution is 5.94. The largest absolute Gasteiger partial charge is 0.489 e. The molecule has 0 fully saturated rings. The van der Waals surface area contributed by atoms with Crippen molar-refractivity contribution in [1.29, 1.82) is 0 Å². The van der Waals surface area contributed by atoms with Crippen LogP contribution in [0, 0.1) is 13.8 Å². The van der Waals surface area contributed by atoms with Crippen molar-refractivity contribution < 1.29 is 23.5 Å². The van der Waals surface area contributed by atoms with Crippen molar-refractivity contribution in [3.05, 3.63) is 70.6 Å². The number of aryl methyl sites for hydroxylation is 2. The van der Waals surface area contributed by atoms with Gasteiger partial charge in [0.2, 0.25) is 6.79 Å². The van der Waals surface area contributed by atoms with Crippen LogP contribution in [0.2, 0.25) is 0 Å². The Morgan fingerprint density at radius 1 is 1.14 bits per heavy atom. The summed E-state index contributed by atoms with van der Waals surface area (Å²) in [7, 11) is 0. The van der Waals surface area contributed by atoms with Gasteiger partial charge in [0.25, 0.3) is 5.91 Å². The third-order valence-corrected chi connectivity index (χ3v) is 4.55. The minimum Gasteiger partial charge on any atom is -0.489 e. The van der Waals surface area contributed by atoms with Crippen LogP contribution in [0.1, 0.15) is 32.9 Å². The molecule has 1 aliphatic rings. The monoisotopic (exact) mass is 380 g/mol. The van der Waals surface area contributed by atoms with E-state index in [1.165, 1.54) is 0 Å². The van der Waals surface area contributed by atoms with Crippen LogP contribution in [0.3, 0.4) is 0 Å². The molecule has 7 heteroatoms. The zero-order chi connectivity index (χ0) is 19.5. The summed E-state index contributed by atoms with van der Waals surface area (Å²) in [5.74, 6) is 2.58. The predicted molar refractivity (Wildman–Crippen MR) is 100 cm³/mol. The van der Waals surface area contributed by atoms with E-state index >= 15 is 0 Å². The van der Waals surface area contributed by atoms with Gasteiger partial charge in [0, 0.05) is 12.1 Å².